The van der Waals surface area contributed by atoms with Crippen molar-refractivity contribution >= 4 is 17.5 Å². The first kappa shape index (κ1) is 18.1. The lowest BCUT2D eigenvalue weighted by Crippen LogP contribution is -2.34. The van der Waals surface area contributed by atoms with Crippen molar-refractivity contribution in [2.75, 3.05) is 38.5 Å². The zero-order chi connectivity index (χ0) is 18.7. The number of rotatable bonds is 3. The molecule has 2 aromatic rings. The number of hydrogen-bond acceptors (Lipinski definition) is 5. The molecule has 26 heavy (non-hydrogen) atoms. The van der Waals surface area contributed by atoms with Crippen molar-refractivity contribution < 1.29 is 14.0 Å². The minimum Gasteiger partial charge on any atom is -0.448 e. The van der Waals surface area contributed by atoms with Crippen LogP contribution in [0.1, 0.15) is 38.6 Å². The number of benzene rings is 1. The summed E-state index contributed by atoms with van der Waals surface area (Å²) in [5.41, 5.74) is 2.31. The van der Waals surface area contributed by atoms with Crippen molar-refractivity contribution in [1.29, 1.82) is 0 Å². The van der Waals surface area contributed by atoms with Gasteiger partial charge in [0.1, 0.15) is 5.76 Å². The van der Waals surface area contributed by atoms with Crippen LogP contribution >= 0.6 is 0 Å². The quantitative estimate of drug-likeness (QED) is 0.913. The molecule has 1 N–H and O–H groups in total. The first-order chi connectivity index (χ1) is 12.5. The van der Waals surface area contributed by atoms with E-state index >= 15 is 0 Å². The van der Waals surface area contributed by atoms with E-state index in [0.29, 0.717) is 23.6 Å². The van der Waals surface area contributed by atoms with E-state index < -0.39 is 0 Å². The second-order valence-electron chi connectivity index (χ2n) is 6.69. The van der Waals surface area contributed by atoms with Crippen molar-refractivity contribution in [2.24, 2.45) is 0 Å². The van der Waals surface area contributed by atoms with Crippen LogP contribution in [0.25, 0.3) is 0 Å². The van der Waals surface area contributed by atoms with Gasteiger partial charge >= 0.3 is 0 Å². The van der Waals surface area contributed by atoms with Crippen LogP contribution in [0.2, 0.25) is 0 Å². The predicted octanol–water partition coefficient (Wildman–Crippen LogP) is 2.32. The molecule has 1 aliphatic heterocycles. The molecule has 7 heteroatoms. The molecular formula is C19H24N4O3. The van der Waals surface area contributed by atoms with Gasteiger partial charge in [-0.05, 0) is 51.6 Å². The van der Waals surface area contributed by atoms with Gasteiger partial charge < -0.3 is 19.5 Å². The number of oxazole rings is 1. The van der Waals surface area contributed by atoms with Crippen molar-refractivity contribution in [2.45, 2.75) is 20.3 Å². The molecule has 1 aromatic heterocycles. The fourth-order valence-electron chi connectivity index (χ4n) is 3.03. The van der Waals surface area contributed by atoms with Gasteiger partial charge in [-0.1, -0.05) is 6.07 Å². The molecule has 0 saturated carbocycles. The number of likely N-dealkylation sites (N-methyl/N-ethyl adjacent to an activating group) is 1. The predicted molar refractivity (Wildman–Crippen MR) is 98.4 cm³/mol. The SMILES string of the molecule is Cc1ccc(C(=O)N2CCCN(C)CC2)cc1NC(=O)c1ncoc1C. The van der Waals surface area contributed by atoms with Crippen LogP contribution < -0.4 is 5.32 Å². The van der Waals surface area contributed by atoms with Gasteiger partial charge in [0.05, 0.1) is 0 Å². The number of nitrogens with zero attached hydrogens (tertiary/aromatic N) is 3. The monoisotopic (exact) mass is 356 g/mol. The molecule has 1 fully saturated rings. The summed E-state index contributed by atoms with van der Waals surface area (Å²) in [5, 5.41) is 2.83. The van der Waals surface area contributed by atoms with E-state index in [1.54, 1.807) is 13.0 Å². The molecule has 138 valence electrons. The maximum absolute atomic E-state index is 12.9. The van der Waals surface area contributed by atoms with E-state index in [2.05, 4.69) is 22.2 Å². The van der Waals surface area contributed by atoms with E-state index in [1.807, 2.05) is 24.0 Å². The summed E-state index contributed by atoms with van der Waals surface area (Å²) >= 11 is 0. The first-order valence-corrected chi connectivity index (χ1v) is 8.75. The maximum Gasteiger partial charge on any atom is 0.277 e. The molecule has 2 heterocycles. The molecule has 0 atom stereocenters. The Morgan fingerprint density at radius 1 is 1.15 bits per heavy atom. The number of aryl methyl sites for hydroxylation is 2. The zero-order valence-corrected chi connectivity index (χ0v) is 15.4. The largest absolute Gasteiger partial charge is 0.448 e. The molecule has 1 saturated heterocycles. The molecular weight excluding hydrogens is 332 g/mol. The Kier molecular flexibility index (Phi) is 5.37. The summed E-state index contributed by atoms with van der Waals surface area (Å²) < 4.78 is 5.08. The van der Waals surface area contributed by atoms with Gasteiger partial charge in [0.25, 0.3) is 11.8 Å². The molecule has 0 unspecified atom stereocenters. The third kappa shape index (κ3) is 3.94. The van der Waals surface area contributed by atoms with Crippen LogP contribution in [0.3, 0.4) is 0 Å². The second kappa shape index (κ2) is 7.70. The molecule has 7 nitrogen and oxygen atoms in total. The number of aromatic nitrogens is 1. The molecule has 0 radical (unpaired) electrons. The van der Waals surface area contributed by atoms with E-state index in [-0.39, 0.29) is 17.5 Å². The topological polar surface area (TPSA) is 78.7 Å². The minimum atomic E-state index is -0.347. The molecule has 0 bridgehead atoms. The van der Waals surface area contributed by atoms with Gasteiger partial charge in [0, 0.05) is 30.9 Å². The number of nitrogens with one attached hydrogen (secondary N) is 1. The summed E-state index contributed by atoms with van der Waals surface area (Å²) in [6, 6.07) is 5.39. The second-order valence-corrected chi connectivity index (χ2v) is 6.69. The number of amides is 2. The fraction of sp³-hybridized carbons (Fsp3) is 0.421. The van der Waals surface area contributed by atoms with Gasteiger partial charge in [0.2, 0.25) is 0 Å². The summed E-state index contributed by atoms with van der Waals surface area (Å²) in [7, 11) is 2.07. The van der Waals surface area contributed by atoms with Gasteiger partial charge in [-0.2, -0.15) is 0 Å². The summed E-state index contributed by atoms with van der Waals surface area (Å²) in [5.74, 6) is 0.106. The van der Waals surface area contributed by atoms with E-state index in [1.165, 1.54) is 6.39 Å². The van der Waals surface area contributed by atoms with E-state index in [0.717, 1.165) is 31.6 Å². The van der Waals surface area contributed by atoms with Crippen LogP contribution in [0.4, 0.5) is 5.69 Å². The molecule has 0 spiro atoms. The van der Waals surface area contributed by atoms with E-state index in [9.17, 15) is 9.59 Å². The fourth-order valence-corrected chi connectivity index (χ4v) is 3.03. The normalized spacial score (nSPS) is 15.6. The Morgan fingerprint density at radius 2 is 1.96 bits per heavy atom. The van der Waals surface area contributed by atoms with Gasteiger partial charge in [-0.3, -0.25) is 9.59 Å². The van der Waals surface area contributed by atoms with Crippen molar-refractivity contribution in [1.82, 2.24) is 14.8 Å². The highest BCUT2D eigenvalue weighted by atomic mass is 16.3. The highest BCUT2D eigenvalue weighted by Gasteiger charge is 2.20. The lowest BCUT2D eigenvalue weighted by atomic mass is 10.1. The Labute approximate surface area is 153 Å². The summed E-state index contributed by atoms with van der Waals surface area (Å²) in [6.07, 6.45) is 2.20. The summed E-state index contributed by atoms with van der Waals surface area (Å²) in [6.45, 7) is 6.90. The smallest absolute Gasteiger partial charge is 0.277 e. The van der Waals surface area contributed by atoms with Crippen LogP contribution in [0.5, 0.6) is 0 Å². The lowest BCUT2D eigenvalue weighted by molar-refractivity contribution is 0.0762. The average Bonchev–Trinajstić information content (AvgIpc) is 2.93. The Bertz CT molecular complexity index is 815. The van der Waals surface area contributed by atoms with Crippen LogP contribution in [0, 0.1) is 13.8 Å². The minimum absolute atomic E-state index is 0.00610. The van der Waals surface area contributed by atoms with Crippen molar-refractivity contribution in [3.8, 4) is 0 Å². The third-order valence-corrected chi connectivity index (χ3v) is 4.70. The first-order valence-electron chi connectivity index (χ1n) is 8.75. The summed E-state index contributed by atoms with van der Waals surface area (Å²) in [4.78, 5) is 33.3. The molecule has 1 aliphatic rings. The lowest BCUT2D eigenvalue weighted by Gasteiger charge is -2.21. The maximum atomic E-state index is 12.9. The Balaban J connectivity index is 1.77. The highest BCUT2D eigenvalue weighted by Crippen LogP contribution is 2.20. The Hall–Kier alpha value is -2.67. The Morgan fingerprint density at radius 3 is 2.69 bits per heavy atom. The van der Waals surface area contributed by atoms with Gasteiger partial charge in [0.15, 0.2) is 12.1 Å². The van der Waals surface area contributed by atoms with Crippen molar-refractivity contribution in [3.05, 3.63) is 47.2 Å². The molecule has 3 rings (SSSR count). The number of carbonyl (C=O) groups is 2. The van der Waals surface area contributed by atoms with Gasteiger partial charge in [-0.15, -0.1) is 0 Å². The third-order valence-electron chi connectivity index (χ3n) is 4.70. The van der Waals surface area contributed by atoms with Gasteiger partial charge in [-0.25, -0.2) is 4.98 Å². The standard InChI is InChI=1S/C19H24N4O3/c1-13-5-6-15(19(25)23-8-4-7-22(3)9-10-23)11-16(13)21-18(24)17-14(2)26-12-20-17/h5-6,11-12H,4,7-10H2,1-3H3,(H,21,24). The number of carbonyl (C=O) groups excluding carboxylic acids is 2. The van der Waals surface area contributed by atoms with E-state index in [4.69, 9.17) is 4.42 Å². The molecule has 2 amide bonds. The van der Waals surface area contributed by atoms with Crippen molar-refractivity contribution in [3.63, 3.8) is 0 Å². The zero-order valence-electron chi connectivity index (χ0n) is 15.4. The molecule has 0 aliphatic carbocycles. The number of anilines is 1. The average molecular weight is 356 g/mol. The van der Waals surface area contributed by atoms with Crippen LogP contribution in [-0.4, -0.2) is 59.8 Å². The van der Waals surface area contributed by atoms with Crippen LogP contribution in [0.15, 0.2) is 29.0 Å². The molecule has 1 aromatic carbocycles. The van der Waals surface area contributed by atoms with Crippen LogP contribution in [-0.2, 0) is 0 Å². The number of hydrogen-bond donors (Lipinski definition) is 1. The highest BCUT2D eigenvalue weighted by molar-refractivity contribution is 6.05.